The van der Waals surface area contributed by atoms with E-state index in [9.17, 15) is 22.8 Å². The second-order valence-electron chi connectivity index (χ2n) is 8.09. The molecule has 2 aliphatic carbocycles. The lowest BCUT2D eigenvalue weighted by atomic mass is 9.91. The first-order valence-corrected chi connectivity index (χ1v) is 8.96. The van der Waals surface area contributed by atoms with Gasteiger partial charge in [0.05, 0.1) is 18.4 Å². The van der Waals surface area contributed by atoms with E-state index in [2.05, 4.69) is 9.47 Å². The summed E-state index contributed by atoms with van der Waals surface area (Å²) in [7, 11) is 0. The molecule has 0 spiro atoms. The zero-order valence-corrected chi connectivity index (χ0v) is 15.5. The van der Waals surface area contributed by atoms with Crippen molar-refractivity contribution in [3.63, 3.8) is 0 Å². The van der Waals surface area contributed by atoms with Crippen LogP contribution in [0.4, 0.5) is 22.0 Å². The van der Waals surface area contributed by atoms with Gasteiger partial charge in [0.25, 0.3) is 0 Å². The van der Waals surface area contributed by atoms with E-state index in [4.69, 9.17) is 4.74 Å². The number of carbonyl (C=O) groups excluding carboxylic acids is 2. The average Bonchev–Trinajstić information content (AvgIpc) is 3.23. The summed E-state index contributed by atoms with van der Waals surface area (Å²) in [6.07, 6.45) is -0.961. The largest absolute Gasteiger partial charge is 0.462 e. The van der Waals surface area contributed by atoms with Gasteiger partial charge < -0.3 is 14.2 Å². The van der Waals surface area contributed by atoms with Crippen LogP contribution in [0.25, 0.3) is 0 Å². The van der Waals surface area contributed by atoms with Crippen LogP contribution in [0.1, 0.15) is 33.6 Å². The Hall–Kier alpha value is -1.71. The maximum atomic E-state index is 15.1. The number of alkyl halides is 5. The number of hydrogen-bond donors (Lipinski definition) is 0. The van der Waals surface area contributed by atoms with Crippen molar-refractivity contribution < 1.29 is 45.8 Å². The van der Waals surface area contributed by atoms with E-state index in [1.165, 1.54) is 13.8 Å². The monoisotopic (exact) mass is 412 g/mol. The molecule has 0 aromatic heterocycles. The highest BCUT2D eigenvalue weighted by molar-refractivity contribution is 5.75. The molecule has 5 unspecified atom stereocenters. The molecule has 3 aliphatic rings. The molecule has 2 bridgehead atoms. The smallest absolute Gasteiger partial charge is 0.450 e. The van der Waals surface area contributed by atoms with Crippen molar-refractivity contribution in [2.45, 2.75) is 57.1 Å². The number of halogens is 5. The fraction of sp³-hybridized carbons (Fsp3) is 0.778. The molecule has 0 amide bonds. The Labute approximate surface area is 158 Å². The third-order valence-electron chi connectivity index (χ3n) is 5.62. The Morgan fingerprint density at radius 3 is 2.25 bits per heavy atom. The van der Waals surface area contributed by atoms with E-state index >= 15 is 8.78 Å². The number of allylic oxidation sites excluding steroid dienone is 2. The molecule has 2 fully saturated rings. The number of rotatable bonds is 4. The molecule has 10 heteroatoms. The quantitative estimate of drug-likeness (QED) is 0.401. The van der Waals surface area contributed by atoms with Crippen LogP contribution in [0.15, 0.2) is 12.2 Å². The average molecular weight is 412 g/mol. The van der Waals surface area contributed by atoms with Crippen molar-refractivity contribution in [1.29, 1.82) is 0 Å². The summed E-state index contributed by atoms with van der Waals surface area (Å²) in [6, 6.07) is 0. The SMILES string of the molecule is CC(C)C(=O)OC1(C(F)(F)F)OCC(C)(OC(=O)C2CC3C=CC2C3)C1(F)F. The van der Waals surface area contributed by atoms with Crippen molar-refractivity contribution in [3.05, 3.63) is 12.2 Å². The van der Waals surface area contributed by atoms with Gasteiger partial charge in [-0.1, -0.05) is 26.0 Å². The zero-order chi connectivity index (χ0) is 21.1. The van der Waals surface area contributed by atoms with Crippen LogP contribution < -0.4 is 0 Å². The van der Waals surface area contributed by atoms with E-state index in [0.29, 0.717) is 19.8 Å². The van der Waals surface area contributed by atoms with Gasteiger partial charge in [0.15, 0.2) is 0 Å². The molecule has 158 valence electrons. The number of ether oxygens (including phenoxy) is 3. The number of fused-ring (bicyclic) bond motifs is 2. The Bertz CT molecular complexity index is 703. The summed E-state index contributed by atoms with van der Waals surface area (Å²) in [5.74, 6) is -13.7. The highest BCUT2D eigenvalue weighted by Crippen LogP contribution is 2.57. The van der Waals surface area contributed by atoms with Crippen molar-refractivity contribution in [3.8, 4) is 0 Å². The van der Waals surface area contributed by atoms with Gasteiger partial charge in [0, 0.05) is 0 Å². The van der Waals surface area contributed by atoms with Gasteiger partial charge in [-0.2, -0.15) is 22.0 Å². The summed E-state index contributed by atoms with van der Waals surface area (Å²) >= 11 is 0. The predicted molar refractivity (Wildman–Crippen MR) is 84.0 cm³/mol. The molecule has 0 aromatic rings. The van der Waals surface area contributed by atoms with Gasteiger partial charge in [0.2, 0.25) is 5.60 Å². The Morgan fingerprint density at radius 1 is 1.14 bits per heavy atom. The lowest BCUT2D eigenvalue weighted by molar-refractivity contribution is -0.410. The second-order valence-corrected chi connectivity index (χ2v) is 8.09. The number of carbonyl (C=O) groups is 2. The van der Waals surface area contributed by atoms with E-state index < -0.39 is 53.9 Å². The first-order chi connectivity index (χ1) is 12.7. The van der Waals surface area contributed by atoms with Gasteiger partial charge >= 0.3 is 29.8 Å². The number of hydrogen-bond acceptors (Lipinski definition) is 5. The molecule has 28 heavy (non-hydrogen) atoms. The molecule has 1 saturated carbocycles. The summed E-state index contributed by atoms with van der Waals surface area (Å²) in [5, 5.41) is 0. The highest BCUT2D eigenvalue weighted by Gasteiger charge is 2.85. The minimum absolute atomic E-state index is 0.136. The summed E-state index contributed by atoms with van der Waals surface area (Å²) < 4.78 is 84.4. The molecule has 0 radical (unpaired) electrons. The third-order valence-corrected chi connectivity index (χ3v) is 5.62. The van der Waals surface area contributed by atoms with Gasteiger partial charge in [0.1, 0.15) is 0 Å². The standard InChI is InChI=1S/C18H21F5O5/c1-9(2)13(24)28-17(18(21,22)23)16(19,20)15(3,8-26-17)27-14(25)12-7-10-4-5-11(12)6-10/h4-5,9-12H,6-8H2,1-3H3. The van der Waals surface area contributed by atoms with Crippen LogP contribution in [0.2, 0.25) is 0 Å². The van der Waals surface area contributed by atoms with Crippen molar-refractivity contribution >= 4 is 11.9 Å². The summed E-state index contributed by atoms with van der Waals surface area (Å²) in [4.78, 5) is 24.2. The fourth-order valence-electron chi connectivity index (χ4n) is 3.88. The van der Waals surface area contributed by atoms with Gasteiger partial charge in [-0.05, 0) is 31.6 Å². The first kappa shape index (κ1) is 21.0. The highest BCUT2D eigenvalue weighted by atomic mass is 19.4. The predicted octanol–water partition coefficient (Wildman–Crippen LogP) is 3.62. The molecule has 1 saturated heterocycles. The molecule has 3 rings (SSSR count). The maximum absolute atomic E-state index is 15.1. The molecular weight excluding hydrogens is 391 g/mol. The number of esters is 2. The Morgan fingerprint density at radius 2 is 1.79 bits per heavy atom. The van der Waals surface area contributed by atoms with Crippen molar-refractivity contribution in [2.75, 3.05) is 6.61 Å². The van der Waals surface area contributed by atoms with Crippen LogP contribution in [0.5, 0.6) is 0 Å². The second kappa shape index (κ2) is 6.40. The lowest BCUT2D eigenvalue weighted by Crippen LogP contribution is -2.65. The molecule has 0 aromatic carbocycles. The molecule has 1 heterocycles. The maximum Gasteiger partial charge on any atom is 0.462 e. The first-order valence-electron chi connectivity index (χ1n) is 8.96. The van der Waals surface area contributed by atoms with Crippen LogP contribution >= 0.6 is 0 Å². The summed E-state index contributed by atoms with van der Waals surface area (Å²) in [5.41, 5.74) is -2.94. The van der Waals surface area contributed by atoms with Crippen LogP contribution in [-0.2, 0) is 23.8 Å². The van der Waals surface area contributed by atoms with E-state index in [-0.39, 0.29) is 11.8 Å². The van der Waals surface area contributed by atoms with Gasteiger partial charge in [-0.3, -0.25) is 9.59 Å². The molecule has 1 aliphatic heterocycles. The van der Waals surface area contributed by atoms with Crippen molar-refractivity contribution in [1.82, 2.24) is 0 Å². The topological polar surface area (TPSA) is 61.8 Å². The molecule has 5 nitrogen and oxygen atoms in total. The summed E-state index contributed by atoms with van der Waals surface area (Å²) in [6.45, 7) is 1.78. The van der Waals surface area contributed by atoms with Gasteiger partial charge in [-0.15, -0.1) is 0 Å². The Kier molecular flexibility index (Phi) is 4.80. The van der Waals surface area contributed by atoms with E-state index in [0.717, 1.165) is 0 Å². The van der Waals surface area contributed by atoms with Gasteiger partial charge in [-0.25, -0.2) is 0 Å². The minimum atomic E-state index is -5.75. The van der Waals surface area contributed by atoms with Crippen LogP contribution in [-0.4, -0.2) is 42.0 Å². The minimum Gasteiger partial charge on any atom is -0.450 e. The van der Waals surface area contributed by atoms with Crippen LogP contribution in [0, 0.1) is 23.7 Å². The van der Waals surface area contributed by atoms with Crippen LogP contribution in [0.3, 0.4) is 0 Å². The fourth-order valence-corrected chi connectivity index (χ4v) is 3.88. The third kappa shape index (κ3) is 2.91. The molecular formula is C18H21F5O5. The normalized spacial score (nSPS) is 38.8. The lowest BCUT2D eigenvalue weighted by Gasteiger charge is -2.38. The van der Waals surface area contributed by atoms with E-state index in [1.54, 1.807) is 6.08 Å². The Balaban J connectivity index is 1.87. The molecule has 0 N–H and O–H groups in total. The molecule has 5 atom stereocenters. The van der Waals surface area contributed by atoms with Crippen molar-refractivity contribution in [2.24, 2.45) is 23.7 Å². The van der Waals surface area contributed by atoms with E-state index in [1.807, 2.05) is 6.08 Å². The zero-order valence-electron chi connectivity index (χ0n) is 15.5.